The van der Waals surface area contributed by atoms with Crippen LogP contribution >= 0.6 is 0 Å². The summed E-state index contributed by atoms with van der Waals surface area (Å²) in [6, 6.07) is 21.2. The third kappa shape index (κ3) is 6.05. The highest BCUT2D eigenvalue weighted by molar-refractivity contribution is 5.82. The molecule has 0 amide bonds. The van der Waals surface area contributed by atoms with Crippen molar-refractivity contribution in [2.45, 2.75) is 26.1 Å². The van der Waals surface area contributed by atoms with E-state index < -0.39 is 0 Å². The Morgan fingerprint density at radius 3 is 2.26 bits per heavy atom. The smallest absolute Gasteiger partial charge is 0.330 e. The van der Waals surface area contributed by atoms with Gasteiger partial charge in [-0.25, -0.2) is 4.79 Å². The van der Waals surface area contributed by atoms with Gasteiger partial charge in [0, 0.05) is 44.8 Å². The molecule has 1 fully saturated rings. The van der Waals surface area contributed by atoms with Gasteiger partial charge in [-0.05, 0) is 18.1 Å². The Morgan fingerprint density at radius 2 is 1.63 bits per heavy atom. The molecule has 0 saturated carbocycles. The minimum absolute atomic E-state index is 0.187. The molecular formula is C23H28N2O2. The summed E-state index contributed by atoms with van der Waals surface area (Å²) in [5, 5.41) is 0. The quantitative estimate of drug-likeness (QED) is 0.556. The predicted molar refractivity (Wildman–Crippen MR) is 108 cm³/mol. The van der Waals surface area contributed by atoms with Gasteiger partial charge in [0.25, 0.3) is 0 Å². The fourth-order valence-electron chi connectivity index (χ4n) is 3.47. The van der Waals surface area contributed by atoms with Gasteiger partial charge in [-0.1, -0.05) is 66.7 Å². The topological polar surface area (TPSA) is 32.8 Å². The van der Waals surface area contributed by atoms with Gasteiger partial charge in [-0.15, -0.1) is 0 Å². The van der Waals surface area contributed by atoms with Crippen molar-refractivity contribution in [3.63, 3.8) is 0 Å². The van der Waals surface area contributed by atoms with E-state index in [4.69, 9.17) is 4.74 Å². The number of carbonyl (C=O) groups excluding carboxylic acids is 1. The lowest BCUT2D eigenvalue weighted by atomic mass is 10.1. The van der Waals surface area contributed by atoms with Gasteiger partial charge < -0.3 is 4.74 Å². The minimum Gasteiger partial charge on any atom is -0.463 e. The summed E-state index contributed by atoms with van der Waals surface area (Å²) in [7, 11) is 0. The monoisotopic (exact) mass is 364 g/mol. The molecule has 2 aromatic carbocycles. The van der Waals surface area contributed by atoms with Gasteiger partial charge >= 0.3 is 5.97 Å². The van der Waals surface area contributed by atoms with Crippen molar-refractivity contribution in [3.8, 4) is 0 Å². The molecule has 4 nitrogen and oxygen atoms in total. The van der Waals surface area contributed by atoms with E-state index >= 15 is 0 Å². The average Bonchev–Trinajstić information content (AvgIpc) is 2.70. The van der Waals surface area contributed by atoms with Crippen molar-refractivity contribution in [2.24, 2.45) is 0 Å². The zero-order valence-corrected chi connectivity index (χ0v) is 16.0. The Kier molecular flexibility index (Phi) is 7.19. The van der Waals surface area contributed by atoms with Crippen molar-refractivity contribution in [2.75, 3.05) is 26.2 Å². The summed E-state index contributed by atoms with van der Waals surface area (Å²) in [6.07, 6.45) is 3.58. The zero-order valence-electron chi connectivity index (χ0n) is 16.0. The van der Waals surface area contributed by atoms with Gasteiger partial charge in [0.15, 0.2) is 0 Å². The van der Waals surface area contributed by atoms with Crippen LogP contribution in [0, 0.1) is 0 Å². The Labute approximate surface area is 162 Å². The highest BCUT2D eigenvalue weighted by Crippen LogP contribution is 2.17. The molecule has 0 bridgehead atoms. The standard InChI is InChI=1S/C23H28N2O2/c1-2-27-23(26)14-13-22-19-24(17-20-9-5-3-6-10-20)15-16-25(22)18-21-11-7-4-8-12-21/h3-14,22H,2,15-19H2,1H3/b14-13-. The van der Waals surface area contributed by atoms with Crippen molar-refractivity contribution in [3.05, 3.63) is 83.9 Å². The normalized spacial score (nSPS) is 18.6. The molecule has 0 N–H and O–H groups in total. The first-order chi connectivity index (χ1) is 13.2. The highest BCUT2D eigenvalue weighted by atomic mass is 16.5. The Hall–Kier alpha value is -2.43. The largest absolute Gasteiger partial charge is 0.463 e. The lowest BCUT2D eigenvalue weighted by Gasteiger charge is -2.40. The average molecular weight is 364 g/mol. The molecule has 1 aliphatic rings. The number of esters is 1. The number of piperazine rings is 1. The Balaban J connectivity index is 1.68. The first kappa shape index (κ1) is 19.3. The third-order valence-electron chi connectivity index (χ3n) is 4.84. The molecule has 3 rings (SSSR count). The van der Waals surface area contributed by atoms with Gasteiger partial charge in [-0.2, -0.15) is 0 Å². The van der Waals surface area contributed by atoms with Crippen LogP contribution in [0.15, 0.2) is 72.8 Å². The van der Waals surface area contributed by atoms with E-state index in [9.17, 15) is 4.79 Å². The maximum atomic E-state index is 11.8. The number of nitrogens with zero attached hydrogens (tertiary/aromatic N) is 2. The minimum atomic E-state index is -0.266. The van der Waals surface area contributed by atoms with Crippen molar-refractivity contribution < 1.29 is 9.53 Å². The van der Waals surface area contributed by atoms with E-state index in [0.29, 0.717) is 6.61 Å². The summed E-state index contributed by atoms with van der Waals surface area (Å²) in [5.41, 5.74) is 2.62. The van der Waals surface area contributed by atoms with Crippen LogP contribution in [-0.2, 0) is 22.6 Å². The molecule has 0 spiro atoms. The van der Waals surface area contributed by atoms with Crippen LogP contribution in [0.3, 0.4) is 0 Å². The number of carbonyl (C=O) groups is 1. The highest BCUT2D eigenvalue weighted by Gasteiger charge is 2.25. The van der Waals surface area contributed by atoms with Gasteiger partial charge in [0.1, 0.15) is 0 Å². The van der Waals surface area contributed by atoms with Crippen molar-refractivity contribution in [1.29, 1.82) is 0 Å². The van der Waals surface area contributed by atoms with E-state index in [-0.39, 0.29) is 12.0 Å². The predicted octanol–water partition coefficient (Wildman–Crippen LogP) is 3.49. The third-order valence-corrected chi connectivity index (χ3v) is 4.84. The van der Waals surface area contributed by atoms with E-state index in [0.717, 1.165) is 32.7 Å². The number of hydrogen-bond donors (Lipinski definition) is 0. The van der Waals surface area contributed by atoms with Crippen LogP contribution in [0.5, 0.6) is 0 Å². The van der Waals surface area contributed by atoms with E-state index in [1.807, 2.05) is 25.1 Å². The first-order valence-corrected chi connectivity index (χ1v) is 9.64. The molecule has 142 valence electrons. The number of rotatable bonds is 7. The SMILES string of the molecule is CCOC(=O)/C=C\C1CN(Cc2ccccc2)CCN1Cc1ccccc1. The van der Waals surface area contributed by atoms with Gasteiger partial charge in [0.05, 0.1) is 6.61 Å². The lowest BCUT2D eigenvalue weighted by molar-refractivity contribution is -0.137. The Bertz CT molecular complexity index is 731. The summed E-state index contributed by atoms with van der Waals surface area (Å²) in [4.78, 5) is 16.7. The summed E-state index contributed by atoms with van der Waals surface area (Å²) in [6.45, 7) is 6.95. The van der Waals surface area contributed by atoms with E-state index in [1.54, 1.807) is 6.08 Å². The molecule has 1 heterocycles. The molecule has 1 atom stereocenters. The molecular weight excluding hydrogens is 336 g/mol. The molecule has 0 radical (unpaired) electrons. The second-order valence-electron chi connectivity index (χ2n) is 6.86. The van der Waals surface area contributed by atoms with Gasteiger partial charge in [0.2, 0.25) is 0 Å². The van der Waals surface area contributed by atoms with Crippen LogP contribution in [0.1, 0.15) is 18.1 Å². The van der Waals surface area contributed by atoms with Crippen LogP contribution in [0.2, 0.25) is 0 Å². The molecule has 2 aromatic rings. The number of hydrogen-bond acceptors (Lipinski definition) is 4. The molecule has 1 unspecified atom stereocenters. The molecule has 0 aromatic heterocycles. The van der Waals surface area contributed by atoms with Crippen LogP contribution < -0.4 is 0 Å². The molecule has 0 aliphatic carbocycles. The molecule has 4 heteroatoms. The maximum Gasteiger partial charge on any atom is 0.330 e. The van der Waals surface area contributed by atoms with Crippen LogP contribution in [0.25, 0.3) is 0 Å². The molecule has 1 aliphatic heterocycles. The fraction of sp³-hybridized carbons (Fsp3) is 0.348. The number of ether oxygens (including phenoxy) is 1. The number of benzene rings is 2. The van der Waals surface area contributed by atoms with E-state index in [1.165, 1.54) is 11.1 Å². The van der Waals surface area contributed by atoms with Gasteiger partial charge in [-0.3, -0.25) is 9.80 Å². The summed E-state index contributed by atoms with van der Waals surface area (Å²) >= 11 is 0. The Morgan fingerprint density at radius 1 is 1.00 bits per heavy atom. The summed E-state index contributed by atoms with van der Waals surface area (Å²) in [5.74, 6) is -0.266. The first-order valence-electron chi connectivity index (χ1n) is 9.64. The fourth-order valence-corrected chi connectivity index (χ4v) is 3.47. The van der Waals surface area contributed by atoms with Crippen molar-refractivity contribution >= 4 is 5.97 Å². The maximum absolute atomic E-state index is 11.8. The second kappa shape index (κ2) is 10.0. The second-order valence-corrected chi connectivity index (χ2v) is 6.86. The molecule has 1 saturated heterocycles. The van der Waals surface area contributed by atoms with Crippen LogP contribution in [0.4, 0.5) is 0 Å². The summed E-state index contributed by atoms with van der Waals surface area (Å²) < 4.78 is 5.05. The van der Waals surface area contributed by atoms with Crippen LogP contribution in [-0.4, -0.2) is 48.1 Å². The lowest BCUT2D eigenvalue weighted by Crippen LogP contribution is -2.51. The zero-order chi connectivity index (χ0) is 18.9. The van der Waals surface area contributed by atoms with Crippen molar-refractivity contribution in [1.82, 2.24) is 9.80 Å². The van der Waals surface area contributed by atoms with E-state index in [2.05, 4.69) is 58.3 Å². The molecule has 27 heavy (non-hydrogen) atoms.